The molecule has 0 aliphatic carbocycles. The summed E-state index contributed by atoms with van der Waals surface area (Å²) in [7, 11) is -3.50. The minimum atomic E-state index is -4.41. The molecule has 0 spiro atoms. The van der Waals surface area contributed by atoms with E-state index in [-0.39, 0.29) is 22.3 Å². The van der Waals surface area contributed by atoms with Crippen molar-refractivity contribution in [3.8, 4) is 5.75 Å². The fourth-order valence-electron chi connectivity index (χ4n) is 1.91. The smallest absolute Gasteiger partial charge is 0.360 e. The molecular formula is C13H12ClNO6S. The molecule has 0 fully saturated rings. The number of carbonyl (C=O) groups excluding carboxylic acids is 1. The molecule has 1 aromatic heterocycles. The molecule has 22 heavy (non-hydrogen) atoms. The fourth-order valence-corrected chi connectivity index (χ4v) is 2.57. The number of hydrogen-bond donors (Lipinski definition) is 1. The number of fused-ring (bicyclic) bond motifs is 1. The van der Waals surface area contributed by atoms with Gasteiger partial charge in [-0.05, 0) is 12.1 Å². The number of carbonyl (C=O) groups is 1. The molecule has 1 aromatic carbocycles. The van der Waals surface area contributed by atoms with Crippen LogP contribution in [0.25, 0.3) is 10.9 Å². The van der Waals surface area contributed by atoms with Gasteiger partial charge < -0.3 is 9.17 Å². The van der Waals surface area contributed by atoms with Crippen LogP contribution in [-0.4, -0.2) is 26.3 Å². The summed E-state index contributed by atoms with van der Waals surface area (Å²) in [5.74, 6) is -0.959. The molecule has 0 atom stereocenters. The van der Waals surface area contributed by atoms with Crippen LogP contribution in [-0.2, 0) is 14.6 Å². The zero-order valence-corrected chi connectivity index (χ0v) is 13.2. The van der Waals surface area contributed by atoms with Gasteiger partial charge in [-0.1, -0.05) is 24.6 Å². The predicted octanol–water partition coefficient (Wildman–Crippen LogP) is 2.04. The molecule has 0 radical (unpaired) electrons. The van der Waals surface area contributed by atoms with E-state index in [0.717, 1.165) is 7.11 Å². The SMILES string of the molecule is CCC(=O)c1c(OS(=O)(=O)OC)c2cccc(Cl)c2[nH]c1=O. The van der Waals surface area contributed by atoms with Gasteiger partial charge in [0.05, 0.1) is 17.6 Å². The van der Waals surface area contributed by atoms with Crippen molar-refractivity contribution in [2.75, 3.05) is 7.11 Å². The number of H-pyrrole nitrogens is 1. The molecule has 2 rings (SSSR count). The average Bonchev–Trinajstić information content (AvgIpc) is 2.47. The number of pyridine rings is 1. The Bertz CT molecular complexity index is 903. The maximum atomic E-state index is 12.1. The summed E-state index contributed by atoms with van der Waals surface area (Å²) in [4.78, 5) is 26.6. The largest absolute Gasteiger partial charge is 0.448 e. The number of para-hydroxylation sites is 1. The molecule has 7 nitrogen and oxygen atoms in total. The van der Waals surface area contributed by atoms with Crippen LogP contribution in [0.1, 0.15) is 23.7 Å². The van der Waals surface area contributed by atoms with Crippen LogP contribution in [0.5, 0.6) is 5.75 Å². The standard InChI is InChI=1S/C13H12ClNO6S/c1-3-9(16)10-12(21-22(18,19)20-2)7-5-4-6-8(14)11(7)15-13(10)17/h4-6H,3H2,1-2H3,(H,15,17). The Morgan fingerprint density at radius 1 is 1.36 bits per heavy atom. The molecule has 0 aliphatic rings. The van der Waals surface area contributed by atoms with Gasteiger partial charge in [-0.2, -0.15) is 8.42 Å². The number of halogens is 1. The van der Waals surface area contributed by atoms with Crippen LogP contribution in [0.3, 0.4) is 0 Å². The molecule has 0 unspecified atom stereocenters. The first-order valence-electron chi connectivity index (χ1n) is 6.18. The molecule has 0 saturated heterocycles. The number of rotatable bonds is 5. The van der Waals surface area contributed by atoms with Crippen LogP contribution >= 0.6 is 11.6 Å². The summed E-state index contributed by atoms with van der Waals surface area (Å²) in [5.41, 5.74) is -1.00. The molecule has 1 heterocycles. The molecule has 1 N–H and O–H groups in total. The molecule has 118 valence electrons. The van der Waals surface area contributed by atoms with Crippen LogP contribution < -0.4 is 9.74 Å². The van der Waals surface area contributed by atoms with E-state index in [1.54, 1.807) is 6.92 Å². The van der Waals surface area contributed by atoms with Gasteiger partial charge in [0.15, 0.2) is 11.5 Å². The van der Waals surface area contributed by atoms with Crippen molar-refractivity contribution in [1.82, 2.24) is 4.98 Å². The lowest BCUT2D eigenvalue weighted by Crippen LogP contribution is -2.22. The third-order valence-electron chi connectivity index (χ3n) is 2.94. The highest BCUT2D eigenvalue weighted by molar-refractivity contribution is 7.82. The second kappa shape index (κ2) is 6.07. The van der Waals surface area contributed by atoms with Gasteiger partial charge in [0.2, 0.25) is 0 Å². The van der Waals surface area contributed by atoms with Crippen LogP contribution in [0, 0.1) is 0 Å². The number of nitrogens with one attached hydrogen (secondary N) is 1. The van der Waals surface area contributed by atoms with Gasteiger partial charge in [-0.25, -0.2) is 4.18 Å². The molecular weight excluding hydrogens is 334 g/mol. The first-order valence-corrected chi connectivity index (χ1v) is 7.89. The number of benzene rings is 1. The Morgan fingerprint density at radius 3 is 2.64 bits per heavy atom. The van der Waals surface area contributed by atoms with E-state index in [0.29, 0.717) is 0 Å². The van der Waals surface area contributed by atoms with E-state index >= 15 is 0 Å². The molecule has 9 heteroatoms. The van der Waals surface area contributed by atoms with Crippen LogP contribution in [0.4, 0.5) is 0 Å². The van der Waals surface area contributed by atoms with Gasteiger partial charge in [-0.15, -0.1) is 0 Å². The lowest BCUT2D eigenvalue weighted by Gasteiger charge is -2.12. The van der Waals surface area contributed by atoms with Crippen LogP contribution in [0.15, 0.2) is 23.0 Å². The van der Waals surface area contributed by atoms with E-state index < -0.39 is 33.1 Å². The summed E-state index contributed by atoms with van der Waals surface area (Å²) >= 11 is 5.98. The fraction of sp³-hybridized carbons (Fsp3) is 0.231. The first-order chi connectivity index (χ1) is 10.3. The van der Waals surface area contributed by atoms with Crippen molar-refractivity contribution in [2.45, 2.75) is 13.3 Å². The number of hydrogen-bond acceptors (Lipinski definition) is 6. The Morgan fingerprint density at radius 2 is 2.05 bits per heavy atom. The summed E-state index contributed by atoms with van der Waals surface area (Å²) in [5, 5.41) is 0.370. The molecule has 0 amide bonds. The van der Waals surface area contributed by atoms with E-state index in [9.17, 15) is 18.0 Å². The third-order valence-corrected chi connectivity index (χ3v) is 4.03. The maximum absolute atomic E-state index is 12.1. The van der Waals surface area contributed by atoms with Crippen molar-refractivity contribution in [3.63, 3.8) is 0 Å². The van der Waals surface area contributed by atoms with Gasteiger partial charge in [0.1, 0.15) is 5.56 Å². The van der Waals surface area contributed by atoms with Crippen molar-refractivity contribution in [1.29, 1.82) is 0 Å². The Labute approximate surface area is 131 Å². The maximum Gasteiger partial charge on any atom is 0.448 e. The lowest BCUT2D eigenvalue weighted by molar-refractivity contribution is 0.0985. The normalized spacial score (nSPS) is 11.6. The number of aromatic nitrogens is 1. The summed E-state index contributed by atoms with van der Waals surface area (Å²) < 4.78 is 32.2. The highest BCUT2D eigenvalue weighted by Crippen LogP contribution is 2.32. The first kappa shape index (κ1) is 16.5. The van der Waals surface area contributed by atoms with Gasteiger partial charge >= 0.3 is 10.4 Å². The lowest BCUT2D eigenvalue weighted by atomic mass is 10.1. The van der Waals surface area contributed by atoms with Gasteiger partial charge in [0.25, 0.3) is 5.56 Å². The summed E-state index contributed by atoms with van der Waals surface area (Å²) in [6.45, 7) is 1.54. The zero-order valence-electron chi connectivity index (χ0n) is 11.7. The monoisotopic (exact) mass is 345 g/mol. The Balaban J connectivity index is 2.91. The van der Waals surface area contributed by atoms with E-state index in [2.05, 4.69) is 9.17 Å². The average molecular weight is 346 g/mol. The number of Topliss-reactive ketones (excluding diaryl/α,β-unsaturated/α-hetero) is 1. The third kappa shape index (κ3) is 2.99. The minimum absolute atomic E-state index is 0.00145. The number of aromatic amines is 1. The second-order valence-electron chi connectivity index (χ2n) is 4.26. The van der Waals surface area contributed by atoms with Crippen molar-refractivity contribution < 1.29 is 21.6 Å². The molecule has 0 bridgehead atoms. The second-order valence-corrected chi connectivity index (χ2v) is 5.98. The predicted molar refractivity (Wildman–Crippen MR) is 80.8 cm³/mol. The van der Waals surface area contributed by atoms with E-state index in [1.807, 2.05) is 0 Å². The quantitative estimate of drug-likeness (QED) is 0.832. The summed E-state index contributed by atoms with van der Waals surface area (Å²) in [6.07, 6.45) is -0.00145. The highest BCUT2D eigenvalue weighted by atomic mass is 35.5. The van der Waals surface area contributed by atoms with Crippen LogP contribution in [0.2, 0.25) is 5.02 Å². The van der Waals surface area contributed by atoms with Gasteiger partial charge in [0, 0.05) is 11.8 Å². The zero-order chi connectivity index (χ0) is 16.5. The molecule has 2 aromatic rings. The van der Waals surface area contributed by atoms with Crippen molar-refractivity contribution in [2.24, 2.45) is 0 Å². The van der Waals surface area contributed by atoms with Crippen molar-refractivity contribution >= 4 is 38.7 Å². The Hall–Kier alpha value is -1.90. The van der Waals surface area contributed by atoms with E-state index in [1.165, 1.54) is 18.2 Å². The van der Waals surface area contributed by atoms with Crippen molar-refractivity contribution in [3.05, 3.63) is 39.1 Å². The minimum Gasteiger partial charge on any atom is -0.360 e. The summed E-state index contributed by atoms with van der Waals surface area (Å²) in [6, 6.07) is 4.52. The van der Waals surface area contributed by atoms with E-state index in [4.69, 9.17) is 15.8 Å². The molecule has 0 saturated carbocycles. The highest BCUT2D eigenvalue weighted by Gasteiger charge is 2.24. The Kier molecular flexibility index (Phi) is 4.55. The number of ketones is 1. The molecule has 0 aliphatic heterocycles. The topological polar surface area (TPSA) is 103 Å². The van der Waals surface area contributed by atoms with Gasteiger partial charge in [-0.3, -0.25) is 9.59 Å².